The molecule has 0 fully saturated rings. The van der Waals surface area contributed by atoms with Crippen LogP contribution in [0.5, 0.6) is 6.01 Å². The first kappa shape index (κ1) is 15.3. The fourth-order valence-electron chi connectivity index (χ4n) is 2.08. The largest absolute Gasteiger partial charge is 0.481 e. The highest BCUT2D eigenvalue weighted by Crippen LogP contribution is 2.27. The number of aryl methyl sites for hydroxylation is 1. The van der Waals surface area contributed by atoms with Crippen LogP contribution in [-0.4, -0.2) is 28.2 Å². The second kappa shape index (κ2) is 6.54. The summed E-state index contributed by atoms with van der Waals surface area (Å²) < 4.78 is 4.94. The number of ether oxygens (including phenoxy) is 1. The highest BCUT2D eigenvalue weighted by atomic mass is 35.5. The van der Waals surface area contributed by atoms with E-state index in [-0.39, 0.29) is 16.7 Å². The molecular weight excluding hydrogens is 292 g/mol. The highest BCUT2D eigenvalue weighted by Gasteiger charge is 2.25. The molecule has 2 rings (SSSR count). The van der Waals surface area contributed by atoms with Crippen LogP contribution in [0.25, 0.3) is 0 Å². The molecule has 5 nitrogen and oxygen atoms in total. The Morgan fingerprint density at radius 3 is 2.86 bits per heavy atom. The first-order valence-corrected chi connectivity index (χ1v) is 6.74. The second-order valence-electron chi connectivity index (χ2n) is 4.67. The zero-order valence-electron chi connectivity index (χ0n) is 11.7. The van der Waals surface area contributed by atoms with E-state index in [4.69, 9.17) is 16.3 Å². The van der Waals surface area contributed by atoms with Gasteiger partial charge in [-0.1, -0.05) is 41.4 Å². The van der Waals surface area contributed by atoms with Gasteiger partial charge in [0.2, 0.25) is 0 Å². The monoisotopic (exact) mass is 306 g/mol. The van der Waals surface area contributed by atoms with Crippen LogP contribution >= 0.6 is 11.6 Å². The molecule has 1 N–H and O–H groups in total. The number of hydrogen-bond acceptors (Lipinski definition) is 4. The molecule has 0 aliphatic rings. The number of aliphatic carboxylic acids is 1. The Balaban J connectivity index is 2.37. The van der Waals surface area contributed by atoms with Crippen molar-refractivity contribution in [3.05, 3.63) is 52.3 Å². The molecule has 0 saturated heterocycles. The SMILES string of the molecule is COc1ncc(Cl)c(C(Cc2cccc(C)c2)C(=O)O)n1. The maximum atomic E-state index is 11.6. The lowest BCUT2D eigenvalue weighted by Crippen LogP contribution is -2.17. The second-order valence-corrected chi connectivity index (χ2v) is 5.08. The molecule has 0 saturated carbocycles. The molecule has 0 radical (unpaired) electrons. The zero-order valence-corrected chi connectivity index (χ0v) is 12.5. The van der Waals surface area contributed by atoms with E-state index in [0.717, 1.165) is 11.1 Å². The van der Waals surface area contributed by atoms with Gasteiger partial charge in [-0.25, -0.2) is 4.98 Å². The van der Waals surface area contributed by atoms with Crippen LogP contribution in [0.15, 0.2) is 30.5 Å². The van der Waals surface area contributed by atoms with E-state index < -0.39 is 11.9 Å². The van der Waals surface area contributed by atoms with Crippen LogP contribution in [0, 0.1) is 6.92 Å². The molecule has 0 aliphatic heterocycles. The lowest BCUT2D eigenvalue weighted by Gasteiger charge is -2.14. The van der Waals surface area contributed by atoms with Gasteiger partial charge in [0.05, 0.1) is 24.0 Å². The number of benzene rings is 1. The van der Waals surface area contributed by atoms with Crippen LogP contribution < -0.4 is 4.74 Å². The Bertz CT molecular complexity index is 661. The molecule has 1 aromatic heterocycles. The average molecular weight is 307 g/mol. The number of carboxylic acids is 1. The standard InChI is InChI=1S/C15H15ClN2O3/c1-9-4-3-5-10(6-9)7-11(14(19)20)13-12(16)8-17-15(18-13)21-2/h3-6,8,11H,7H2,1-2H3,(H,19,20). The summed E-state index contributed by atoms with van der Waals surface area (Å²) in [6, 6.07) is 7.79. The fraction of sp³-hybridized carbons (Fsp3) is 0.267. The van der Waals surface area contributed by atoms with E-state index in [1.807, 2.05) is 31.2 Å². The van der Waals surface area contributed by atoms with Crippen molar-refractivity contribution < 1.29 is 14.6 Å². The third-order valence-corrected chi connectivity index (χ3v) is 3.37. The van der Waals surface area contributed by atoms with Crippen molar-refractivity contribution in [3.63, 3.8) is 0 Å². The van der Waals surface area contributed by atoms with Crippen molar-refractivity contribution in [2.75, 3.05) is 7.11 Å². The van der Waals surface area contributed by atoms with Gasteiger partial charge in [-0.05, 0) is 18.9 Å². The summed E-state index contributed by atoms with van der Waals surface area (Å²) in [4.78, 5) is 19.5. The van der Waals surface area contributed by atoms with Crippen molar-refractivity contribution in [1.82, 2.24) is 9.97 Å². The maximum Gasteiger partial charge on any atom is 0.316 e. The van der Waals surface area contributed by atoms with E-state index in [9.17, 15) is 9.90 Å². The third kappa shape index (κ3) is 3.70. The molecule has 110 valence electrons. The van der Waals surface area contributed by atoms with Gasteiger partial charge in [-0.15, -0.1) is 0 Å². The van der Waals surface area contributed by atoms with E-state index >= 15 is 0 Å². The molecule has 0 aliphatic carbocycles. The molecule has 0 amide bonds. The van der Waals surface area contributed by atoms with E-state index in [0.29, 0.717) is 6.42 Å². The summed E-state index contributed by atoms with van der Waals surface area (Å²) in [6.07, 6.45) is 1.66. The first-order chi connectivity index (χ1) is 10.0. The summed E-state index contributed by atoms with van der Waals surface area (Å²) in [5, 5.41) is 9.70. The Hall–Kier alpha value is -2.14. The zero-order chi connectivity index (χ0) is 15.4. The van der Waals surface area contributed by atoms with Crippen molar-refractivity contribution in [3.8, 4) is 6.01 Å². The topological polar surface area (TPSA) is 72.3 Å². The van der Waals surface area contributed by atoms with Crippen LogP contribution in [0.1, 0.15) is 22.7 Å². The Morgan fingerprint density at radius 1 is 1.48 bits per heavy atom. The van der Waals surface area contributed by atoms with Crippen LogP contribution in [-0.2, 0) is 11.2 Å². The number of hydrogen-bond donors (Lipinski definition) is 1. The average Bonchev–Trinajstić information content (AvgIpc) is 2.45. The molecule has 1 heterocycles. The molecule has 6 heteroatoms. The van der Waals surface area contributed by atoms with Gasteiger partial charge in [0, 0.05) is 0 Å². The van der Waals surface area contributed by atoms with Gasteiger partial charge < -0.3 is 9.84 Å². The summed E-state index contributed by atoms with van der Waals surface area (Å²) in [5.74, 6) is -1.84. The normalized spacial score (nSPS) is 12.0. The van der Waals surface area contributed by atoms with Gasteiger partial charge in [0.25, 0.3) is 0 Å². The highest BCUT2D eigenvalue weighted by molar-refractivity contribution is 6.31. The van der Waals surface area contributed by atoms with Crippen molar-refractivity contribution in [2.24, 2.45) is 0 Å². The lowest BCUT2D eigenvalue weighted by molar-refractivity contribution is -0.138. The molecule has 1 aromatic carbocycles. The minimum absolute atomic E-state index is 0.102. The van der Waals surface area contributed by atoms with Crippen molar-refractivity contribution in [1.29, 1.82) is 0 Å². The number of aromatic nitrogens is 2. The van der Waals surface area contributed by atoms with Crippen molar-refractivity contribution in [2.45, 2.75) is 19.3 Å². The molecule has 1 unspecified atom stereocenters. The van der Waals surface area contributed by atoms with Crippen LogP contribution in [0.3, 0.4) is 0 Å². The maximum absolute atomic E-state index is 11.6. The van der Waals surface area contributed by atoms with Crippen LogP contribution in [0.2, 0.25) is 5.02 Å². The molecule has 0 bridgehead atoms. The van der Waals surface area contributed by atoms with Gasteiger partial charge in [-0.2, -0.15) is 4.98 Å². The quantitative estimate of drug-likeness (QED) is 0.919. The molecular formula is C15H15ClN2O3. The number of carboxylic acid groups (broad SMARTS) is 1. The number of rotatable bonds is 5. The van der Waals surface area contributed by atoms with Gasteiger partial charge in [0.15, 0.2) is 0 Å². The Labute approximate surface area is 127 Å². The van der Waals surface area contributed by atoms with Crippen molar-refractivity contribution >= 4 is 17.6 Å². The minimum atomic E-state index is -0.987. The number of halogens is 1. The smallest absolute Gasteiger partial charge is 0.316 e. The van der Waals surface area contributed by atoms with Gasteiger partial charge in [0.1, 0.15) is 5.92 Å². The molecule has 2 aromatic rings. The predicted molar refractivity (Wildman–Crippen MR) is 78.9 cm³/mol. The Kier molecular flexibility index (Phi) is 4.75. The van der Waals surface area contributed by atoms with Gasteiger partial charge in [-0.3, -0.25) is 4.79 Å². The predicted octanol–water partition coefficient (Wildman–Crippen LogP) is 2.86. The first-order valence-electron chi connectivity index (χ1n) is 6.36. The summed E-state index contributed by atoms with van der Waals surface area (Å²) in [7, 11) is 1.42. The van der Waals surface area contributed by atoms with Gasteiger partial charge >= 0.3 is 12.0 Å². The van der Waals surface area contributed by atoms with E-state index in [2.05, 4.69) is 9.97 Å². The number of carbonyl (C=O) groups is 1. The molecule has 1 atom stereocenters. The van der Waals surface area contributed by atoms with Crippen LogP contribution in [0.4, 0.5) is 0 Å². The number of nitrogens with zero attached hydrogens (tertiary/aromatic N) is 2. The number of methoxy groups -OCH3 is 1. The lowest BCUT2D eigenvalue weighted by atomic mass is 9.95. The van der Waals surface area contributed by atoms with E-state index in [1.165, 1.54) is 13.3 Å². The summed E-state index contributed by atoms with van der Waals surface area (Å²) in [6.45, 7) is 1.96. The fourth-order valence-corrected chi connectivity index (χ4v) is 2.30. The minimum Gasteiger partial charge on any atom is -0.481 e. The molecule has 21 heavy (non-hydrogen) atoms. The Morgan fingerprint density at radius 2 is 2.24 bits per heavy atom. The third-order valence-electron chi connectivity index (χ3n) is 3.08. The molecule has 0 spiro atoms. The summed E-state index contributed by atoms with van der Waals surface area (Å²) >= 11 is 6.05. The summed E-state index contributed by atoms with van der Waals surface area (Å²) in [5.41, 5.74) is 2.25. The van der Waals surface area contributed by atoms with E-state index in [1.54, 1.807) is 0 Å².